The van der Waals surface area contributed by atoms with Crippen molar-refractivity contribution in [2.24, 2.45) is 5.14 Å². The van der Waals surface area contributed by atoms with E-state index in [1.165, 1.54) is 0 Å². The van der Waals surface area contributed by atoms with Gasteiger partial charge in [0.05, 0.1) is 15.3 Å². The van der Waals surface area contributed by atoms with Crippen LogP contribution in [0.1, 0.15) is 0 Å². The molecule has 2 N–H and O–H groups in total. The number of piperazine rings is 1. The normalized spacial score (nSPS) is 14.9. The first kappa shape index (κ1) is 19.9. The summed E-state index contributed by atoms with van der Waals surface area (Å²) in [6.45, 7) is 3.23. The van der Waals surface area contributed by atoms with Gasteiger partial charge in [0.15, 0.2) is 5.82 Å². The van der Waals surface area contributed by atoms with E-state index in [9.17, 15) is 8.42 Å². The third kappa shape index (κ3) is 3.99. The largest absolute Gasteiger partial charge is 0.368 e. The number of nitrogens with zero attached hydrogens (tertiary/aromatic N) is 4. The van der Waals surface area contributed by atoms with E-state index < -0.39 is 10.0 Å². The summed E-state index contributed by atoms with van der Waals surface area (Å²) in [5.41, 5.74) is 1.93. The van der Waals surface area contributed by atoms with E-state index in [-0.39, 0.29) is 4.90 Å². The predicted octanol–water partition coefficient (Wildman–Crippen LogP) is 3.33. The van der Waals surface area contributed by atoms with Crippen LogP contribution < -0.4 is 14.9 Å². The molecule has 31 heavy (non-hydrogen) atoms. The Morgan fingerprint density at radius 1 is 0.839 bits per heavy atom. The van der Waals surface area contributed by atoms with E-state index in [1.807, 2.05) is 47.8 Å². The molecule has 0 saturated carbocycles. The average molecular weight is 452 g/mol. The third-order valence-electron chi connectivity index (χ3n) is 5.43. The molecule has 158 valence electrons. The lowest BCUT2D eigenvalue weighted by Crippen LogP contribution is -2.47. The van der Waals surface area contributed by atoms with Gasteiger partial charge in [0.25, 0.3) is 0 Å². The van der Waals surface area contributed by atoms with Crippen molar-refractivity contribution in [3.63, 3.8) is 0 Å². The number of sulfonamides is 1. The van der Waals surface area contributed by atoms with Crippen LogP contribution in [0.3, 0.4) is 0 Å². The van der Waals surface area contributed by atoms with Gasteiger partial charge in [-0.15, -0.1) is 11.3 Å². The molecule has 5 rings (SSSR count). The van der Waals surface area contributed by atoms with Gasteiger partial charge in [0.1, 0.15) is 5.82 Å². The van der Waals surface area contributed by atoms with Crippen molar-refractivity contribution in [3.05, 3.63) is 66.0 Å². The number of thiophene rings is 1. The number of hydrogen-bond donors (Lipinski definition) is 1. The van der Waals surface area contributed by atoms with Gasteiger partial charge in [-0.05, 0) is 47.8 Å². The van der Waals surface area contributed by atoms with E-state index in [2.05, 4.69) is 15.9 Å². The molecular weight excluding hydrogens is 430 g/mol. The van der Waals surface area contributed by atoms with Gasteiger partial charge >= 0.3 is 0 Å². The SMILES string of the molecule is NS(=O)(=O)c1ccc(N2CCN(c3nc(-c4cccs4)nc4ccccc34)CC2)cc1. The van der Waals surface area contributed by atoms with Gasteiger partial charge in [-0.3, -0.25) is 0 Å². The van der Waals surface area contributed by atoms with Crippen molar-refractivity contribution in [1.82, 2.24) is 9.97 Å². The standard InChI is InChI=1S/C22H21N5O2S2/c23-31(28,29)17-9-7-16(8-10-17)26-11-13-27(14-12-26)22-18-4-1-2-5-19(18)24-21(25-22)20-6-3-15-30-20/h1-10,15H,11-14H2,(H2,23,28,29). The van der Waals surface area contributed by atoms with Crippen LogP contribution in [0, 0.1) is 0 Å². The number of para-hydroxylation sites is 1. The molecule has 0 aliphatic carbocycles. The van der Waals surface area contributed by atoms with Crippen LogP contribution in [0.25, 0.3) is 21.6 Å². The zero-order chi connectivity index (χ0) is 21.4. The topological polar surface area (TPSA) is 92.4 Å². The van der Waals surface area contributed by atoms with Crippen molar-refractivity contribution in [3.8, 4) is 10.7 Å². The van der Waals surface area contributed by atoms with E-state index in [0.717, 1.165) is 59.3 Å². The van der Waals surface area contributed by atoms with E-state index in [4.69, 9.17) is 15.1 Å². The van der Waals surface area contributed by atoms with Crippen LogP contribution in [0.5, 0.6) is 0 Å². The highest BCUT2D eigenvalue weighted by Crippen LogP contribution is 2.30. The number of benzene rings is 2. The first-order chi connectivity index (χ1) is 15.0. The first-order valence-corrected chi connectivity index (χ1v) is 12.3. The molecule has 4 aromatic rings. The van der Waals surface area contributed by atoms with Gasteiger partial charge in [-0.25, -0.2) is 23.5 Å². The lowest BCUT2D eigenvalue weighted by Gasteiger charge is -2.37. The monoisotopic (exact) mass is 451 g/mol. The maximum absolute atomic E-state index is 11.5. The highest BCUT2D eigenvalue weighted by atomic mass is 32.2. The third-order valence-corrected chi connectivity index (χ3v) is 7.23. The molecule has 0 radical (unpaired) electrons. The summed E-state index contributed by atoms with van der Waals surface area (Å²) < 4.78 is 23.0. The van der Waals surface area contributed by atoms with E-state index >= 15 is 0 Å². The summed E-state index contributed by atoms with van der Waals surface area (Å²) in [5.74, 6) is 1.71. The molecule has 0 amide bonds. The number of primary sulfonamides is 1. The number of fused-ring (bicyclic) bond motifs is 1. The minimum atomic E-state index is -3.68. The summed E-state index contributed by atoms with van der Waals surface area (Å²) >= 11 is 1.64. The number of nitrogens with two attached hydrogens (primary N) is 1. The fourth-order valence-electron chi connectivity index (χ4n) is 3.84. The average Bonchev–Trinajstić information content (AvgIpc) is 3.33. The number of rotatable bonds is 4. The summed E-state index contributed by atoms with van der Waals surface area (Å²) in [6, 6.07) is 18.9. The lowest BCUT2D eigenvalue weighted by molar-refractivity contribution is 0.597. The Bertz CT molecular complexity index is 1310. The number of anilines is 2. The minimum absolute atomic E-state index is 0.128. The molecule has 7 nitrogen and oxygen atoms in total. The van der Waals surface area contributed by atoms with Gasteiger partial charge in [0, 0.05) is 37.3 Å². The van der Waals surface area contributed by atoms with Crippen molar-refractivity contribution < 1.29 is 8.42 Å². The quantitative estimate of drug-likeness (QED) is 0.512. The summed E-state index contributed by atoms with van der Waals surface area (Å²) in [6.07, 6.45) is 0. The second-order valence-electron chi connectivity index (χ2n) is 7.38. The maximum atomic E-state index is 11.5. The van der Waals surface area contributed by atoms with Gasteiger partial charge in [-0.1, -0.05) is 18.2 Å². The van der Waals surface area contributed by atoms with Crippen molar-refractivity contribution in [2.75, 3.05) is 36.0 Å². The molecule has 1 aliphatic heterocycles. The van der Waals surface area contributed by atoms with Crippen molar-refractivity contribution >= 4 is 43.8 Å². The molecule has 1 aliphatic rings. The molecule has 0 spiro atoms. The molecule has 2 aromatic carbocycles. The molecule has 1 saturated heterocycles. The molecule has 3 heterocycles. The smallest absolute Gasteiger partial charge is 0.238 e. The second-order valence-corrected chi connectivity index (χ2v) is 9.89. The van der Waals surface area contributed by atoms with Crippen molar-refractivity contribution in [1.29, 1.82) is 0 Å². The van der Waals surface area contributed by atoms with Crippen LogP contribution in [0.4, 0.5) is 11.5 Å². The first-order valence-electron chi connectivity index (χ1n) is 9.92. The van der Waals surface area contributed by atoms with Crippen molar-refractivity contribution in [2.45, 2.75) is 4.90 Å². The Hall–Kier alpha value is -3.01. The van der Waals surface area contributed by atoms with Crippen LogP contribution in [-0.2, 0) is 10.0 Å². The summed E-state index contributed by atoms with van der Waals surface area (Å²) in [4.78, 5) is 15.4. The fraction of sp³-hybridized carbons (Fsp3) is 0.182. The van der Waals surface area contributed by atoms with Crippen LogP contribution in [0.15, 0.2) is 70.9 Å². The predicted molar refractivity (Wildman–Crippen MR) is 125 cm³/mol. The van der Waals surface area contributed by atoms with E-state index in [1.54, 1.807) is 23.5 Å². The second kappa shape index (κ2) is 7.92. The van der Waals surface area contributed by atoms with Crippen LogP contribution >= 0.6 is 11.3 Å². The molecule has 1 fully saturated rings. The molecule has 0 bridgehead atoms. The molecule has 9 heteroatoms. The minimum Gasteiger partial charge on any atom is -0.368 e. The molecule has 0 atom stereocenters. The van der Waals surface area contributed by atoms with Gasteiger partial charge in [0.2, 0.25) is 10.0 Å². The highest BCUT2D eigenvalue weighted by Gasteiger charge is 2.22. The molecular formula is C22H21N5O2S2. The maximum Gasteiger partial charge on any atom is 0.238 e. The Morgan fingerprint density at radius 3 is 2.23 bits per heavy atom. The fourth-order valence-corrected chi connectivity index (χ4v) is 5.01. The molecule has 2 aromatic heterocycles. The highest BCUT2D eigenvalue weighted by molar-refractivity contribution is 7.89. The van der Waals surface area contributed by atoms with Gasteiger partial charge < -0.3 is 9.80 Å². The summed E-state index contributed by atoms with van der Waals surface area (Å²) in [7, 11) is -3.68. The summed E-state index contributed by atoms with van der Waals surface area (Å²) in [5, 5.41) is 8.29. The van der Waals surface area contributed by atoms with Crippen LogP contribution in [0.2, 0.25) is 0 Å². The number of hydrogen-bond acceptors (Lipinski definition) is 7. The lowest BCUT2D eigenvalue weighted by atomic mass is 10.2. The number of aromatic nitrogens is 2. The zero-order valence-electron chi connectivity index (χ0n) is 16.7. The Morgan fingerprint density at radius 2 is 1.55 bits per heavy atom. The molecule has 0 unspecified atom stereocenters. The zero-order valence-corrected chi connectivity index (χ0v) is 18.3. The Kier molecular flexibility index (Phi) is 5.09. The van der Waals surface area contributed by atoms with Crippen LogP contribution in [-0.4, -0.2) is 44.6 Å². The Balaban J connectivity index is 1.40. The van der Waals surface area contributed by atoms with Gasteiger partial charge in [-0.2, -0.15) is 0 Å². The van der Waals surface area contributed by atoms with E-state index in [0.29, 0.717) is 0 Å². The Labute approximate surface area is 184 Å².